The number of unbranched alkanes of at least 4 members (excludes halogenated alkanes) is 8. The van der Waals surface area contributed by atoms with Gasteiger partial charge < -0.3 is 28.6 Å². The molecular formula is C43H69NO7. The summed E-state index contributed by atoms with van der Waals surface area (Å²) in [6.07, 6.45) is 41.8. The van der Waals surface area contributed by atoms with E-state index in [9.17, 15) is 19.5 Å². The molecule has 8 heteroatoms. The van der Waals surface area contributed by atoms with E-state index in [0.717, 1.165) is 77.0 Å². The van der Waals surface area contributed by atoms with Crippen LogP contribution in [0.25, 0.3) is 0 Å². The minimum atomic E-state index is -1.14. The predicted molar refractivity (Wildman–Crippen MR) is 208 cm³/mol. The Labute approximate surface area is 310 Å². The van der Waals surface area contributed by atoms with Gasteiger partial charge in [0, 0.05) is 19.3 Å². The third-order valence-corrected chi connectivity index (χ3v) is 7.91. The highest BCUT2D eigenvalue weighted by Gasteiger charge is 2.25. The maximum absolute atomic E-state index is 12.6. The first kappa shape index (κ1) is 47.5. The summed E-state index contributed by atoms with van der Waals surface area (Å²) in [5.41, 5.74) is 0. The highest BCUT2D eigenvalue weighted by molar-refractivity contribution is 5.70. The Hall–Kier alpha value is -3.49. The molecule has 2 unspecified atom stereocenters. The molecule has 0 aliphatic rings. The van der Waals surface area contributed by atoms with Crippen molar-refractivity contribution in [1.29, 1.82) is 0 Å². The van der Waals surface area contributed by atoms with Gasteiger partial charge in [-0.05, 0) is 57.8 Å². The number of hydrogen-bond donors (Lipinski definition) is 0. The molecule has 0 aromatic carbocycles. The number of allylic oxidation sites excluding steroid dienone is 14. The van der Waals surface area contributed by atoms with E-state index in [1.54, 1.807) is 21.1 Å². The lowest BCUT2D eigenvalue weighted by molar-refractivity contribution is -0.889. The summed E-state index contributed by atoms with van der Waals surface area (Å²) < 4.78 is 17.0. The molecule has 0 aromatic rings. The van der Waals surface area contributed by atoms with Crippen molar-refractivity contribution in [2.75, 3.05) is 41.0 Å². The Kier molecular flexibility index (Phi) is 31.3. The van der Waals surface area contributed by atoms with Crippen LogP contribution in [0.1, 0.15) is 117 Å². The highest BCUT2D eigenvalue weighted by Crippen LogP contribution is 2.12. The molecule has 0 N–H and O–H groups in total. The number of carboxylic acids is 1. The number of carbonyl (C=O) groups excluding carboxylic acids is 3. The van der Waals surface area contributed by atoms with E-state index >= 15 is 0 Å². The van der Waals surface area contributed by atoms with Gasteiger partial charge >= 0.3 is 11.9 Å². The topological polar surface area (TPSA) is 102 Å². The number of carboxylic acid groups (broad SMARTS) is 1. The molecule has 8 nitrogen and oxygen atoms in total. The first-order valence-electron chi connectivity index (χ1n) is 19.2. The third-order valence-electron chi connectivity index (χ3n) is 7.91. The maximum Gasteiger partial charge on any atom is 0.306 e. The predicted octanol–water partition coefficient (Wildman–Crippen LogP) is 8.46. The number of hydrogen-bond acceptors (Lipinski definition) is 7. The molecule has 288 valence electrons. The number of carbonyl (C=O) groups is 3. The lowest BCUT2D eigenvalue weighted by Gasteiger charge is -2.34. The molecule has 0 spiro atoms. The van der Waals surface area contributed by atoms with Crippen molar-refractivity contribution in [2.24, 2.45) is 0 Å². The highest BCUT2D eigenvalue weighted by atomic mass is 16.6. The zero-order chi connectivity index (χ0) is 37.8. The second kappa shape index (κ2) is 33.6. The molecule has 0 aliphatic heterocycles. The second-order valence-corrected chi connectivity index (χ2v) is 13.5. The summed E-state index contributed by atoms with van der Waals surface area (Å²) in [6.45, 7) is 4.31. The van der Waals surface area contributed by atoms with E-state index in [-0.39, 0.29) is 49.1 Å². The fourth-order valence-electron chi connectivity index (χ4n) is 4.95. The van der Waals surface area contributed by atoms with Gasteiger partial charge in [0.1, 0.15) is 12.6 Å². The molecule has 0 aliphatic carbocycles. The van der Waals surface area contributed by atoms with Gasteiger partial charge in [-0.15, -0.1) is 0 Å². The number of quaternary nitrogens is 1. The average molecular weight is 712 g/mol. The lowest BCUT2D eigenvalue weighted by Crippen LogP contribution is -2.55. The number of ether oxygens (including phenoxy) is 3. The van der Waals surface area contributed by atoms with E-state index in [4.69, 9.17) is 14.2 Å². The fourth-order valence-corrected chi connectivity index (χ4v) is 4.95. The first-order chi connectivity index (χ1) is 24.6. The Morgan fingerprint density at radius 1 is 0.608 bits per heavy atom. The van der Waals surface area contributed by atoms with Crippen LogP contribution in [0.4, 0.5) is 0 Å². The van der Waals surface area contributed by atoms with Crippen LogP contribution in [0.3, 0.4) is 0 Å². The maximum atomic E-state index is 12.6. The van der Waals surface area contributed by atoms with E-state index in [0.29, 0.717) is 12.8 Å². The number of aliphatic carboxylic acids is 1. The van der Waals surface area contributed by atoms with Crippen molar-refractivity contribution < 1.29 is 38.2 Å². The summed E-state index contributed by atoms with van der Waals surface area (Å²) in [5, 5.41) is 11.6. The lowest BCUT2D eigenvalue weighted by atomic mass is 10.1. The van der Waals surface area contributed by atoms with Crippen LogP contribution in [0, 0.1) is 0 Å². The first-order valence-corrected chi connectivity index (χ1v) is 19.2. The van der Waals surface area contributed by atoms with Crippen LogP contribution in [0.2, 0.25) is 0 Å². The van der Waals surface area contributed by atoms with Crippen LogP contribution in [0.15, 0.2) is 85.1 Å². The molecule has 0 fully saturated rings. The molecule has 0 heterocycles. The summed E-state index contributed by atoms with van der Waals surface area (Å²) >= 11 is 0. The second-order valence-electron chi connectivity index (χ2n) is 13.5. The Morgan fingerprint density at radius 2 is 1.14 bits per heavy atom. The third kappa shape index (κ3) is 32.2. The molecule has 0 aromatic heterocycles. The number of likely N-dealkylation sites (N-methyl/N-ethyl adjacent to an activating group) is 1. The van der Waals surface area contributed by atoms with Gasteiger partial charge in [-0.25, -0.2) is 0 Å². The van der Waals surface area contributed by atoms with Gasteiger partial charge in [0.2, 0.25) is 0 Å². The van der Waals surface area contributed by atoms with Crippen molar-refractivity contribution >= 4 is 17.9 Å². The van der Waals surface area contributed by atoms with Crippen LogP contribution in [-0.4, -0.2) is 75.5 Å². The van der Waals surface area contributed by atoms with Gasteiger partial charge in [-0.3, -0.25) is 9.59 Å². The monoisotopic (exact) mass is 712 g/mol. The van der Waals surface area contributed by atoms with Crippen molar-refractivity contribution in [1.82, 2.24) is 0 Å². The van der Waals surface area contributed by atoms with Crippen LogP contribution >= 0.6 is 0 Å². The summed E-state index contributed by atoms with van der Waals surface area (Å²) in [5.74, 6) is -1.83. The SMILES string of the molecule is CC/C=C/C=C/C=C/C=C/C=C/CCCCCC(=O)OCC(COCCC(C(=O)[O-])[N+](C)(C)C)OC(=O)CCCCCCC/C=C/C/C=C/CC. The zero-order valence-corrected chi connectivity index (χ0v) is 32.5. The zero-order valence-electron chi connectivity index (χ0n) is 32.5. The minimum absolute atomic E-state index is 0.0151. The average Bonchev–Trinajstić information content (AvgIpc) is 3.08. The van der Waals surface area contributed by atoms with E-state index in [1.165, 1.54) is 0 Å². The van der Waals surface area contributed by atoms with Crippen molar-refractivity contribution in [2.45, 2.75) is 129 Å². The molecule has 2 atom stereocenters. The van der Waals surface area contributed by atoms with Gasteiger partial charge in [0.05, 0.1) is 40.3 Å². The molecular weight excluding hydrogens is 642 g/mol. The van der Waals surface area contributed by atoms with Gasteiger partial charge in [0.25, 0.3) is 0 Å². The Bertz CT molecular complexity index is 1110. The summed E-state index contributed by atoms with van der Waals surface area (Å²) in [7, 11) is 5.36. The van der Waals surface area contributed by atoms with Gasteiger partial charge in [0.15, 0.2) is 6.10 Å². The van der Waals surface area contributed by atoms with Crippen LogP contribution in [0.5, 0.6) is 0 Å². The van der Waals surface area contributed by atoms with E-state index in [1.807, 2.05) is 48.6 Å². The largest absolute Gasteiger partial charge is 0.544 e. The quantitative estimate of drug-likeness (QED) is 0.0227. The minimum Gasteiger partial charge on any atom is -0.544 e. The van der Waals surface area contributed by atoms with Crippen molar-refractivity contribution in [3.8, 4) is 0 Å². The molecule has 0 amide bonds. The van der Waals surface area contributed by atoms with Crippen molar-refractivity contribution in [3.05, 3.63) is 85.1 Å². The van der Waals surface area contributed by atoms with E-state index < -0.39 is 18.1 Å². The number of rotatable bonds is 32. The Morgan fingerprint density at radius 3 is 1.76 bits per heavy atom. The normalized spacial score (nSPS) is 14.0. The van der Waals surface area contributed by atoms with Gasteiger partial charge in [-0.2, -0.15) is 0 Å². The molecule has 0 rings (SSSR count). The van der Waals surface area contributed by atoms with Crippen LogP contribution < -0.4 is 5.11 Å². The van der Waals surface area contributed by atoms with Crippen LogP contribution in [-0.2, 0) is 28.6 Å². The number of nitrogens with zero attached hydrogens (tertiary/aromatic N) is 1. The van der Waals surface area contributed by atoms with Crippen molar-refractivity contribution in [3.63, 3.8) is 0 Å². The fraction of sp³-hybridized carbons (Fsp3) is 0.605. The summed E-state index contributed by atoms with van der Waals surface area (Å²) in [4.78, 5) is 36.7. The summed E-state index contributed by atoms with van der Waals surface area (Å²) in [6, 6.07) is -0.738. The Balaban J connectivity index is 4.54. The van der Waals surface area contributed by atoms with E-state index in [2.05, 4.69) is 50.3 Å². The standard InChI is InChI=1S/C43H69NO7/c1-6-8-10-12-14-16-18-20-21-22-24-25-27-29-31-33-41(45)50-38-39(37-49-36-35-40(43(47)48)44(3,4)5)51-42(46)34-32-30-28-26-23-19-17-15-13-11-9-7-2/h8-12,14-18,20-22,24,39-40H,6-7,13,19,23,25-38H2,1-5H3/b10-8+,11-9+,14-12+,17-15+,18-16+,21-20+,24-22+. The smallest absolute Gasteiger partial charge is 0.306 e. The van der Waals surface area contributed by atoms with Gasteiger partial charge in [-0.1, -0.05) is 125 Å². The molecule has 0 radical (unpaired) electrons. The molecule has 51 heavy (non-hydrogen) atoms. The molecule has 0 bridgehead atoms. The molecule has 0 saturated heterocycles. The number of esters is 2. The molecule has 0 saturated carbocycles.